The number of phenols is 2. The fourth-order valence-electron chi connectivity index (χ4n) is 3.91. The zero-order chi connectivity index (χ0) is 26.4. The van der Waals surface area contributed by atoms with Crippen molar-refractivity contribution in [1.29, 1.82) is 0 Å². The molecule has 34 heavy (non-hydrogen) atoms. The summed E-state index contributed by atoms with van der Waals surface area (Å²) in [5.41, 5.74) is 2.21. The molecule has 0 unspecified atom stereocenters. The standard InChI is InChI=1S/C29H43NO4/c1-26(2,3)19-13-17(14-20(23(19)31)27(4,5)6)30-25(33)34-18-15-21(28(7,8)9)24(32)22(16-18)29(10,11)12/h13-16,31-32H,1-12H3,(H,30,33). The summed E-state index contributed by atoms with van der Waals surface area (Å²) in [6.07, 6.45) is -0.629. The van der Waals surface area contributed by atoms with Crippen LogP contribution < -0.4 is 10.1 Å². The van der Waals surface area contributed by atoms with E-state index in [0.717, 1.165) is 22.3 Å². The Hall–Kier alpha value is -2.69. The van der Waals surface area contributed by atoms with Gasteiger partial charge in [0.05, 0.1) is 0 Å². The van der Waals surface area contributed by atoms with Crippen molar-refractivity contribution >= 4 is 11.8 Å². The highest BCUT2D eigenvalue weighted by Gasteiger charge is 2.29. The van der Waals surface area contributed by atoms with Crippen LogP contribution in [0.25, 0.3) is 0 Å². The average Bonchev–Trinajstić information content (AvgIpc) is 2.60. The Labute approximate surface area is 205 Å². The van der Waals surface area contributed by atoms with Crippen molar-refractivity contribution in [3.05, 3.63) is 46.5 Å². The van der Waals surface area contributed by atoms with Crippen molar-refractivity contribution < 1.29 is 19.7 Å². The van der Waals surface area contributed by atoms with Gasteiger partial charge in [0.2, 0.25) is 0 Å². The van der Waals surface area contributed by atoms with Crippen LogP contribution in [0.1, 0.15) is 105 Å². The third kappa shape index (κ3) is 6.25. The molecule has 0 saturated heterocycles. The van der Waals surface area contributed by atoms with E-state index in [0.29, 0.717) is 11.4 Å². The summed E-state index contributed by atoms with van der Waals surface area (Å²) in [6, 6.07) is 7.04. The molecule has 0 spiro atoms. The molecule has 0 heterocycles. The van der Waals surface area contributed by atoms with Crippen LogP contribution in [0.2, 0.25) is 0 Å². The molecular formula is C29H43NO4. The van der Waals surface area contributed by atoms with Crippen molar-refractivity contribution in [1.82, 2.24) is 0 Å². The number of phenolic OH excluding ortho intramolecular Hbond substituents is 2. The number of aromatic hydroxyl groups is 2. The molecule has 0 atom stereocenters. The Morgan fingerprint density at radius 2 is 0.912 bits per heavy atom. The fraction of sp³-hybridized carbons (Fsp3) is 0.552. The minimum absolute atomic E-state index is 0.232. The summed E-state index contributed by atoms with van der Waals surface area (Å²) in [5, 5.41) is 24.7. The van der Waals surface area contributed by atoms with Crippen LogP contribution in [-0.4, -0.2) is 16.3 Å². The SMILES string of the molecule is CC(C)(C)c1cc(NC(=O)Oc2cc(C(C)(C)C)c(O)c(C(C)(C)C)c2)cc(C(C)(C)C)c1O. The molecule has 0 aliphatic carbocycles. The van der Waals surface area contributed by atoms with Gasteiger partial charge in [0.25, 0.3) is 0 Å². The first-order valence-corrected chi connectivity index (χ1v) is 11.9. The van der Waals surface area contributed by atoms with Crippen LogP contribution in [0.5, 0.6) is 17.2 Å². The van der Waals surface area contributed by atoms with E-state index in [9.17, 15) is 15.0 Å². The van der Waals surface area contributed by atoms with Gasteiger partial charge in [0, 0.05) is 27.9 Å². The first-order valence-electron chi connectivity index (χ1n) is 11.9. The fourth-order valence-corrected chi connectivity index (χ4v) is 3.91. The normalized spacial score (nSPS) is 13.1. The van der Waals surface area contributed by atoms with E-state index in [1.807, 2.05) is 83.1 Å². The number of anilines is 1. The van der Waals surface area contributed by atoms with Gasteiger partial charge in [0.1, 0.15) is 17.2 Å². The van der Waals surface area contributed by atoms with E-state index in [2.05, 4.69) is 5.32 Å². The van der Waals surface area contributed by atoms with Crippen molar-refractivity contribution in [3.63, 3.8) is 0 Å². The minimum atomic E-state index is -0.629. The number of hydrogen-bond acceptors (Lipinski definition) is 4. The van der Waals surface area contributed by atoms with E-state index in [1.165, 1.54) is 0 Å². The highest BCUT2D eigenvalue weighted by Crippen LogP contribution is 2.43. The predicted molar refractivity (Wildman–Crippen MR) is 141 cm³/mol. The van der Waals surface area contributed by atoms with E-state index in [-0.39, 0.29) is 33.2 Å². The summed E-state index contributed by atoms with van der Waals surface area (Å²) in [4.78, 5) is 12.9. The number of ether oxygens (including phenoxy) is 1. The smallest absolute Gasteiger partial charge is 0.417 e. The number of amides is 1. The van der Waals surface area contributed by atoms with Crippen LogP contribution in [0, 0.1) is 0 Å². The van der Waals surface area contributed by atoms with Gasteiger partial charge in [-0.1, -0.05) is 83.1 Å². The number of benzene rings is 2. The second-order valence-electron chi connectivity index (χ2n) is 13.3. The Bertz CT molecular complexity index is 916. The van der Waals surface area contributed by atoms with Crippen molar-refractivity contribution in [3.8, 4) is 17.2 Å². The van der Waals surface area contributed by atoms with Crippen molar-refractivity contribution in [2.75, 3.05) is 5.32 Å². The maximum Gasteiger partial charge on any atom is 0.417 e. The highest BCUT2D eigenvalue weighted by atomic mass is 16.6. The monoisotopic (exact) mass is 469 g/mol. The van der Waals surface area contributed by atoms with Gasteiger partial charge in [-0.05, 0) is 45.9 Å². The van der Waals surface area contributed by atoms with Crippen LogP contribution in [0.4, 0.5) is 10.5 Å². The molecule has 0 saturated carbocycles. The lowest BCUT2D eigenvalue weighted by Gasteiger charge is -2.28. The molecule has 0 bridgehead atoms. The quantitative estimate of drug-likeness (QED) is 0.391. The predicted octanol–water partition coefficient (Wildman–Crippen LogP) is 7.90. The highest BCUT2D eigenvalue weighted by molar-refractivity contribution is 5.87. The van der Waals surface area contributed by atoms with Crippen LogP contribution in [0.15, 0.2) is 24.3 Å². The Morgan fingerprint density at radius 3 is 1.21 bits per heavy atom. The van der Waals surface area contributed by atoms with Gasteiger partial charge >= 0.3 is 6.09 Å². The molecule has 3 N–H and O–H groups in total. The summed E-state index contributed by atoms with van der Waals surface area (Å²) in [7, 11) is 0. The topological polar surface area (TPSA) is 78.8 Å². The average molecular weight is 470 g/mol. The largest absolute Gasteiger partial charge is 0.507 e. The summed E-state index contributed by atoms with van der Waals surface area (Å²) in [6.45, 7) is 24.2. The van der Waals surface area contributed by atoms with Crippen LogP contribution >= 0.6 is 0 Å². The molecule has 0 aliphatic rings. The molecule has 0 aliphatic heterocycles. The zero-order valence-electron chi connectivity index (χ0n) is 23.0. The molecule has 2 rings (SSSR count). The van der Waals surface area contributed by atoms with Gasteiger partial charge in [-0.15, -0.1) is 0 Å². The number of carbonyl (C=O) groups excluding carboxylic acids is 1. The van der Waals surface area contributed by atoms with Gasteiger partial charge < -0.3 is 14.9 Å². The Kier molecular flexibility index (Phi) is 7.15. The Balaban J connectivity index is 2.49. The van der Waals surface area contributed by atoms with Crippen molar-refractivity contribution in [2.45, 2.75) is 105 Å². The molecular weight excluding hydrogens is 426 g/mol. The summed E-state index contributed by atoms with van der Waals surface area (Å²) in [5.74, 6) is 0.856. The molecule has 2 aromatic carbocycles. The molecule has 1 amide bonds. The third-order valence-corrected chi connectivity index (χ3v) is 5.88. The minimum Gasteiger partial charge on any atom is -0.507 e. The van der Waals surface area contributed by atoms with Gasteiger partial charge in [-0.25, -0.2) is 4.79 Å². The third-order valence-electron chi connectivity index (χ3n) is 5.88. The number of carbonyl (C=O) groups is 1. The van der Waals surface area contributed by atoms with Gasteiger partial charge in [-0.3, -0.25) is 5.32 Å². The van der Waals surface area contributed by atoms with E-state index < -0.39 is 6.09 Å². The van der Waals surface area contributed by atoms with Crippen LogP contribution in [-0.2, 0) is 21.7 Å². The molecule has 5 heteroatoms. The van der Waals surface area contributed by atoms with Crippen molar-refractivity contribution in [2.24, 2.45) is 0 Å². The molecule has 0 radical (unpaired) electrons. The summed E-state index contributed by atoms with van der Waals surface area (Å²) < 4.78 is 5.70. The molecule has 5 nitrogen and oxygen atoms in total. The van der Waals surface area contributed by atoms with E-state index >= 15 is 0 Å². The first-order chi connectivity index (χ1) is 15.1. The molecule has 188 valence electrons. The number of hydrogen-bond donors (Lipinski definition) is 3. The maximum absolute atomic E-state index is 12.9. The molecule has 2 aromatic rings. The Morgan fingerprint density at radius 1 is 0.618 bits per heavy atom. The lowest BCUT2D eigenvalue weighted by atomic mass is 9.79. The summed E-state index contributed by atoms with van der Waals surface area (Å²) >= 11 is 0. The molecule has 0 aromatic heterocycles. The molecule has 0 fully saturated rings. The number of rotatable bonds is 2. The maximum atomic E-state index is 12.9. The van der Waals surface area contributed by atoms with E-state index in [1.54, 1.807) is 24.3 Å². The zero-order valence-corrected chi connectivity index (χ0v) is 23.0. The lowest BCUT2D eigenvalue weighted by molar-refractivity contribution is 0.215. The van der Waals surface area contributed by atoms with Gasteiger partial charge in [-0.2, -0.15) is 0 Å². The van der Waals surface area contributed by atoms with E-state index in [4.69, 9.17) is 4.74 Å². The second kappa shape index (κ2) is 8.83. The number of nitrogens with one attached hydrogen (secondary N) is 1. The lowest BCUT2D eigenvalue weighted by Crippen LogP contribution is -2.22. The van der Waals surface area contributed by atoms with Gasteiger partial charge in [0.15, 0.2) is 0 Å². The van der Waals surface area contributed by atoms with Crippen LogP contribution in [0.3, 0.4) is 0 Å². The first kappa shape index (κ1) is 27.6. The second-order valence-corrected chi connectivity index (χ2v) is 13.3.